The van der Waals surface area contributed by atoms with Crippen LogP contribution in [0.25, 0.3) is 0 Å². The Balaban J connectivity index is 2.32. The summed E-state index contributed by atoms with van der Waals surface area (Å²) in [5.74, 6) is -3.20. The van der Waals surface area contributed by atoms with E-state index in [1.165, 1.54) is 19.2 Å². The second-order valence-corrected chi connectivity index (χ2v) is 9.38. The van der Waals surface area contributed by atoms with Crippen LogP contribution in [0.3, 0.4) is 0 Å². The van der Waals surface area contributed by atoms with Gasteiger partial charge >= 0.3 is 10.2 Å². The minimum Gasteiger partial charge on any atom is -0.349 e. The zero-order valence-corrected chi connectivity index (χ0v) is 19.1. The van der Waals surface area contributed by atoms with Crippen molar-refractivity contribution in [3.63, 3.8) is 0 Å². The van der Waals surface area contributed by atoms with E-state index in [4.69, 9.17) is 0 Å². The summed E-state index contributed by atoms with van der Waals surface area (Å²) in [5.41, 5.74) is -0.862. The lowest BCUT2D eigenvalue weighted by molar-refractivity contribution is 0.321. The average Bonchev–Trinajstić information content (AvgIpc) is 2.66. The maximum absolute atomic E-state index is 14.4. The molecule has 0 aliphatic carbocycles. The van der Waals surface area contributed by atoms with Crippen LogP contribution in [0.4, 0.5) is 30.2 Å². The van der Waals surface area contributed by atoms with Crippen molar-refractivity contribution in [1.29, 1.82) is 0 Å². The molecule has 0 heterocycles. The highest BCUT2D eigenvalue weighted by Crippen LogP contribution is 2.32. The zero-order valence-electron chi connectivity index (χ0n) is 16.1. The molecule has 0 saturated carbocycles. The van der Waals surface area contributed by atoms with Crippen LogP contribution in [0, 0.1) is 21.0 Å². The van der Waals surface area contributed by atoms with Crippen molar-refractivity contribution in [2.24, 2.45) is 0 Å². The van der Waals surface area contributed by atoms with Crippen molar-refractivity contribution in [3.8, 4) is 0 Å². The highest BCUT2D eigenvalue weighted by molar-refractivity contribution is 14.1. The molecule has 0 saturated heterocycles. The summed E-state index contributed by atoms with van der Waals surface area (Å²) in [5, 5.41) is 2.45. The molecule has 6 nitrogen and oxygen atoms in total. The molecular weight excluding hydrogens is 520 g/mol. The largest absolute Gasteiger partial charge is 0.349 e. The monoisotopic (exact) mass is 542 g/mol. The van der Waals surface area contributed by atoms with Crippen molar-refractivity contribution in [3.05, 3.63) is 51.4 Å². The summed E-state index contributed by atoms with van der Waals surface area (Å²) in [6, 6.07) is 6.02. The predicted octanol–water partition coefficient (Wildman–Crippen LogP) is 3.99. The van der Waals surface area contributed by atoms with E-state index in [1.807, 2.05) is 41.5 Å². The fraction of sp³-hybridized carbons (Fsp3) is 0.333. The summed E-state index contributed by atoms with van der Waals surface area (Å²) in [6.45, 7) is 3.37. The molecule has 0 amide bonds. The Kier molecular flexibility index (Phi) is 8.14. The normalized spacial score (nSPS) is 11.9. The molecule has 0 unspecified atom stereocenters. The standard InChI is InChI=1S/C18H22F3IN4O2S/c1-4-25(2)9-10-26(3)29(27,28)24-16-8-6-13(19)17(21)18(16)23-15-7-5-12(22)11-14(15)20/h5-8,11,23-24H,4,9-10H2,1-3H3. The maximum atomic E-state index is 14.4. The predicted molar refractivity (Wildman–Crippen MR) is 117 cm³/mol. The Hall–Kier alpha value is -1.57. The minimum atomic E-state index is -4.05. The summed E-state index contributed by atoms with van der Waals surface area (Å²) in [6.07, 6.45) is 0. The van der Waals surface area contributed by atoms with Crippen LogP contribution in [0.15, 0.2) is 30.3 Å². The molecule has 2 aromatic carbocycles. The van der Waals surface area contributed by atoms with Gasteiger partial charge in [-0.1, -0.05) is 6.92 Å². The molecule has 2 rings (SSSR count). The van der Waals surface area contributed by atoms with Crippen molar-refractivity contribution in [2.75, 3.05) is 43.8 Å². The van der Waals surface area contributed by atoms with Crippen molar-refractivity contribution < 1.29 is 21.6 Å². The molecular formula is C18H22F3IN4O2S. The van der Waals surface area contributed by atoms with Gasteiger partial charge in [0.2, 0.25) is 0 Å². The fourth-order valence-electron chi connectivity index (χ4n) is 2.29. The van der Waals surface area contributed by atoms with E-state index >= 15 is 0 Å². The molecule has 0 spiro atoms. The number of hydrogen-bond donors (Lipinski definition) is 2. The van der Waals surface area contributed by atoms with E-state index in [2.05, 4.69) is 10.0 Å². The maximum Gasteiger partial charge on any atom is 0.301 e. The van der Waals surface area contributed by atoms with Crippen LogP contribution in [0.5, 0.6) is 0 Å². The highest BCUT2D eigenvalue weighted by Gasteiger charge is 2.22. The average molecular weight is 542 g/mol. The molecule has 2 N–H and O–H groups in total. The molecule has 0 bridgehead atoms. The molecule has 29 heavy (non-hydrogen) atoms. The fourth-order valence-corrected chi connectivity index (χ4v) is 3.67. The van der Waals surface area contributed by atoms with Gasteiger partial charge in [-0.05, 0) is 66.5 Å². The first-order valence-electron chi connectivity index (χ1n) is 8.67. The van der Waals surface area contributed by atoms with Gasteiger partial charge in [-0.3, -0.25) is 4.72 Å². The van der Waals surface area contributed by atoms with E-state index in [9.17, 15) is 21.6 Å². The molecule has 0 aliphatic heterocycles. The first-order chi connectivity index (χ1) is 13.5. The molecule has 2 aromatic rings. The third-order valence-corrected chi connectivity index (χ3v) is 6.42. The van der Waals surface area contributed by atoms with E-state index in [-0.39, 0.29) is 17.9 Å². The van der Waals surface area contributed by atoms with Gasteiger partial charge < -0.3 is 10.2 Å². The van der Waals surface area contributed by atoms with E-state index in [1.54, 1.807) is 6.07 Å². The lowest BCUT2D eigenvalue weighted by Crippen LogP contribution is -2.38. The van der Waals surface area contributed by atoms with Gasteiger partial charge in [0.05, 0.1) is 11.4 Å². The van der Waals surface area contributed by atoms with Crippen molar-refractivity contribution in [1.82, 2.24) is 9.21 Å². The van der Waals surface area contributed by atoms with Crippen LogP contribution in [-0.4, -0.2) is 51.4 Å². The summed E-state index contributed by atoms with van der Waals surface area (Å²) in [4.78, 5) is 1.93. The van der Waals surface area contributed by atoms with Crippen molar-refractivity contribution >= 4 is 49.9 Å². The number of hydrogen-bond acceptors (Lipinski definition) is 4. The lowest BCUT2D eigenvalue weighted by atomic mass is 10.2. The van der Waals surface area contributed by atoms with Crippen LogP contribution in [0.1, 0.15) is 6.92 Å². The molecule has 0 aromatic heterocycles. The van der Waals surface area contributed by atoms with Crippen LogP contribution >= 0.6 is 22.6 Å². The van der Waals surface area contributed by atoms with Crippen molar-refractivity contribution in [2.45, 2.75) is 6.92 Å². The van der Waals surface area contributed by atoms with Gasteiger partial charge in [-0.2, -0.15) is 12.7 Å². The van der Waals surface area contributed by atoms with Crippen LogP contribution in [-0.2, 0) is 10.2 Å². The topological polar surface area (TPSA) is 64.7 Å². The lowest BCUT2D eigenvalue weighted by Gasteiger charge is -2.22. The molecule has 0 fully saturated rings. The number of halogens is 4. The quantitative estimate of drug-likeness (QED) is 0.471. The van der Waals surface area contributed by atoms with Crippen LogP contribution < -0.4 is 10.0 Å². The van der Waals surface area contributed by atoms with Gasteiger partial charge in [0, 0.05) is 23.7 Å². The van der Waals surface area contributed by atoms with Gasteiger partial charge in [-0.15, -0.1) is 0 Å². The number of rotatable bonds is 9. The number of nitrogens with one attached hydrogen (secondary N) is 2. The minimum absolute atomic E-state index is 0.117. The van der Waals surface area contributed by atoms with E-state index in [0.29, 0.717) is 10.1 Å². The Morgan fingerprint density at radius 1 is 1.00 bits per heavy atom. The number of likely N-dealkylation sites (N-methyl/N-ethyl adjacent to an activating group) is 2. The number of benzene rings is 2. The SMILES string of the molecule is CCN(C)CCN(C)S(=O)(=O)Nc1ccc(F)c(F)c1Nc1ccc(I)cc1F. The number of anilines is 3. The van der Waals surface area contributed by atoms with E-state index < -0.39 is 33.3 Å². The highest BCUT2D eigenvalue weighted by atomic mass is 127. The molecule has 160 valence electrons. The zero-order chi connectivity index (χ0) is 21.8. The number of nitrogens with zero attached hydrogens (tertiary/aromatic N) is 2. The summed E-state index contributed by atoms with van der Waals surface area (Å²) >= 11 is 1.91. The van der Waals surface area contributed by atoms with Gasteiger partial charge in [0.25, 0.3) is 0 Å². The smallest absolute Gasteiger partial charge is 0.301 e. The summed E-state index contributed by atoms with van der Waals surface area (Å²) in [7, 11) is -0.825. The Labute approximate surface area is 182 Å². The van der Waals surface area contributed by atoms with Crippen LogP contribution in [0.2, 0.25) is 0 Å². The van der Waals surface area contributed by atoms with Gasteiger partial charge in [-0.25, -0.2) is 13.2 Å². The molecule has 0 radical (unpaired) electrons. The van der Waals surface area contributed by atoms with Gasteiger partial charge in [0.15, 0.2) is 11.6 Å². The molecule has 0 atom stereocenters. The third kappa shape index (κ3) is 6.20. The second kappa shape index (κ2) is 9.96. The Morgan fingerprint density at radius 3 is 2.28 bits per heavy atom. The third-order valence-electron chi connectivity index (χ3n) is 4.27. The second-order valence-electron chi connectivity index (χ2n) is 6.36. The first-order valence-corrected chi connectivity index (χ1v) is 11.2. The molecule has 0 aliphatic rings. The van der Waals surface area contributed by atoms with E-state index in [0.717, 1.165) is 23.0 Å². The first kappa shape index (κ1) is 23.7. The Bertz CT molecular complexity index is 976. The summed E-state index contributed by atoms with van der Waals surface area (Å²) < 4.78 is 71.4. The van der Waals surface area contributed by atoms with Gasteiger partial charge in [0.1, 0.15) is 11.5 Å². The molecule has 11 heteroatoms. The Morgan fingerprint density at radius 2 is 1.66 bits per heavy atom.